The fourth-order valence-corrected chi connectivity index (χ4v) is 2.98. The molecule has 0 unspecified atom stereocenters. The van der Waals surface area contributed by atoms with Crippen LogP contribution in [-0.4, -0.2) is 22.2 Å². The molecule has 3 rings (SSSR count). The predicted molar refractivity (Wildman–Crippen MR) is 89.8 cm³/mol. The van der Waals surface area contributed by atoms with Crippen LogP contribution in [0.2, 0.25) is 0 Å². The first-order valence-corrected chi connectivity index (χ1v) is 8.29. The second kappa shape index (κ2) is 6.95. The third-order valence-electron chi connectivity index (χ3n) is 4.22. The van der Waals surface area contributed by atoms with Crippen LogP contribution >= 0.6 is 0 Å². The Morgan fingerprint density at radius 2 is 2.12 bits per heavy atom. The number of nitrogens with zero attached hydrogens (tertiary/aromatic N) is 3. The number of unbranched alkanes of at least 4 members (excludes halogenated alkanes) is 1. The molecule has 2 heterocycles. The summed E-state index contributed by atoms with van der Waals surface area (Å²) in [6.45, 7) is 2.94. The van der Waals surface area contributed by atoms with E-state index in [0.29, 0.717) is 18.8 Å². The summed E-state index contributed by atoms with van der Waals surface area (Å²) in [7, 11) is 0. The van der Waals surface area contributed by atoms with Crippen molar-refractivity contribution in [3.05, 3.63) is 57.8 Å². The lowest BCUT2D eigenvalue weighted by molar-refractivity contribution is 0.0976. The fraction of sp³-hybridized carbons (Fsp3) is 0.389. The van der Waals surface area contributed by atoms with Gasteiger partial charge in [0.2, 0.25) is 0 Å². The van der Waals surface area contributed by atoms with E-state index in [-0.39, 0.29) is 17.2 Å². The lowest BCUT2D eigenvalue weighted by atomic mass is 10.0. The van der Waals surface area contributed by atoms with Crippen LogP contribution in [0.5, 0.6) is 0 Å². The number of benzene rings is 1. The zero-order valence-corrected chi connectivity index (χ0v) is 13.7. The van der Waals surface area contributed by atoms with Gasteiger partial charge in [0.05, 0.1) is 5.69 Å². The van der Waals surface area contributed by atoms with E-state index < -0.39 is 5.82 Å². The average molecular weight is 329 g/mol. The Morgan fingerprint density at radius 1 is 1.29 bits per heavy atom. The van der Waals surface area contributed by atoms with Crippen molar-refractivity contribution in [1.82, 2.24) is 9.78 Å². The van der Waals surface area contributed by atoms with Gasteiger partial charge in [-0.05, 0) is 37.0 Å². The smallest absolute Gasteiger partial charge is 0.278 e. The molecule has 0 saturated carbocycles. The Kier molecular flexibility index (Phi) is 4.74. The number of rotatable bonds is 4. The van der Waals surface area contributed by atoms with Crippen LogP contribution in [0.15, 0.2) is 35.1 Å². The van der Waals surface area contributed by atoms with Crippen molar-refractivity contribution >= 4 is 11.6 Å². The molecular formula is C18H20FN3O2. The summed E-state index contributed by atoms with van der Waals surface area (Å²) in [4.78, 5) is 26.1. The first-order valence-electron chi connectivity index (χ1n) is 8.29. The topological polar surface area (TPSA) is 55.2 Å². The molecule has 1 aromatic heterocycles. The van der Waals surface area contributed by atoms with Crippen LogP contribution in [0.1, 0.15) is 42.2 Å². The fourth-order valence-electron chi connectivity index (χ4n) is 2.98. The predicted octanol–water partition coefficient (Wildman–Crippen LogP) is 2.78. The normalized spacial score (nSPS) is 13.7. The van der Waals surface area contributed by atoms with Crippen molar-refractivity contribution in [2.75, 3.05) is 11.4 Å². The summed E-state index contributed by atoms with van der Waals surface area (Å²) in [6, 6.07) is 7.63. The standard InChI is InChI=1S/C18H20FN3O2/c1-2-3-12-22-16(23)10-9-15(20-22)18(24)21-11-5-7-13-6-4-8-14(19)17(13)21/h4,6,8-10H,2-3,5,7,11-12H2,1H3. The van der Waals surface area contributed by atoms with Crippen molar-refractivity contribution < 1.29 is 9.18 Å². The largest absolute Gasteiger partial charge is 0.304 e. The van der Waals surface area contributed by atoms with Gasteiger partial charge < -0.3 is 4.90 Å². The zero-order chi connectivity index (χ0) is 17.1. The maximum absolute atomic E-state index is 14.2. The van der Waals surface area contributed by atoms with Gasteiger partial charge in [0.15, 0.2) is 0 Å². The third-order valence-corrected chi connectivity index (χ3v) is 4.22. The summed E-state index contributed by atoms with van der Waals surface area (Å²) < 4.78 is 15.5. The highest BCUT2D eigenvalue weighted by atomic mass is 19.1. The van der Waals surface area contributed by atoms with Crippen molar-refractivity contribution in [3.8, 4) is 0 Å². The molecule has 0 saturated heterocycles. The van der Waals surface area contributed by atoms with E-state index in [9.17, 15) is 14.0 Å². The van der Waals surface area contributed by atoms with E-state index >= 15 is 0 Å². The van der Waals surface area contributed by atoms with Gasteiger partial charge >= 0.3 is 0 Å². The molecule has 0 fully saturated rings. The maximum atomic E-state index is 14.2. The van der Waals surface area contributed by atoms with Gasteiger partial charge in [-0.25, -0.2) is 9.07 Å². The number of carbonyl (C=O) groups excluding carboxylic acids is 1. The van der Waals surface area contributed by atoms with Gasteiger partial charge in [-0.1, -0.05) is 25.5 Å². The van der Waals surface area contributed by atoms with E-state index in [4.69, 9.17) is 0 Å². The molecule has 0 aliphatic carbocycles. The number of halogens is 1. The monoisotopic (exact) mass is 329 g/mol. The molecule has 0 atom stereocenters. The number of aromatic nitrogens is 2. The van der Waals surface area contributed by atoms with Gasteiger partial charge in [-0.3, -0.25) is 9.59 Å². The summed E-state index contributed by atoms with van der Waals surface area (Å²) >= 11 is 0. The first-order chi connectivity index (χ1) is 11.6. The lowest BCUT2D eigenvalue weighted by Crippen LogP contribution is -2.38. The first kappa shape index (κ1) is 16.4. The number of amides is 1. The van der Waals surface area contributed by atoms with Crippen LogP contribution < -0.4 is 10.5 Å². The Hall–Kier alpha value is -2.50. The van der Waals surface area contributed by atoms with Gasteiger partial charge in [-0.15, -0.1) is 0 Å². The van der Waals surface area contributed by atoms with E-state index in [1.807, 2.05) is 13.0 Å². The summed E-state index contributed by atoms with van der Waals surface area (Å²) in [5, 5.41) is 4.18. The van der Waals surface area contributed by atoms with Crippen molar-refractivity contribution in [3.63, 3.8) is 0 Å². The van der Waals surface area contributed by atoms with Gasteiger partial charge in [0, 0.05) is 19.2 Å². The molecule has 24 heavy (non-hydrogen) atoms. The molecule has 1 aliphatic heterocycles. The zero-order valence-electron chi connectivity index (χ0n) is 13.7. The van der Waals surface area contributed by atoms with Crippen LogP contribution in [0.4, 0.5) is 10.1 Å². The van der Waals surface area contributed by atoms with Crippen LogP contribution in [-0.2, 0) is 13.0 Å². The Labute approximate surface area is 139 Å². The molecule has 5 nitrogen and oxygen atoms in total. The average Bonchev–Trinajstić information content (AvgIpc) is 2.60. The lowest BCUT2D eigenvalue weighted by Gasteiger charge is -2.29. The molecule has 0 radical (unpaired) electrons. The molecule has 6 heteroatoms. The minimum Gasteiger partial charge on any atom is -0.304 e. The SMILES string of the molecule is CCCCn1nc(C(=O)N2CCCc3cccc(F)c32)ccc1=O. The number of carbonyl (C=O) groups is 1. The Balaban J connectivity index is 1.95. The number of anilines is 1. The third kappa shape index (κ3) is 3.09. The summed E-state index contributed by atoms with van der Waals surface area (Å²) in [5.74, 6) is -0.772. The van der Waals surface area contributed by atoms with Gasteiger partial charge in [-0.2, -0.15) is 5.10 Å². The van der Waals surface area contributed by atoms with Crippen LogP contribution in [0, 0.1) is 5.82 Å². The molecule has 1 amide bonds. The van der Waals surface area contributed by atoms with Crippen molar-refractivity contribution in [2.45, 2.75) is 39.2 Å². The molecule has 0 spiro atoms. The maximum Gasteiger partial charge on any atom is 0.278 e. The molecule has 0 bridgehead atoms. The second-order valence-electron chi connectivity index (χ2n) is 5.94. The van der Waals surface area contributed by atoms with E-state index in [1.165, 1.54) is 27.8 Å². The number of hydrogen-bond acceptors (Lipinski definition) is 3. The highest BCUT2D eigenvalue weighted by molar-refractivity contribution is 6.05. The molecular weight excluding hydrogens is 309 g/mol. The van der Waals surface area contributed by atoms with Gasteiger partial charge in [0.25, 0.3) is 11.5 Å². The second-order valence-corrected chi connectivity index (χ2v) is 5.94. The quantitative estimate of drug-likeness (QED) is 0.867. The van der Waals surface area contributed by atoms with E-state index in [2.05, 4.69) is 5.10 Å². The molecule has 0 N–H and O–H groups in total. The van der Waals surface area contributed by atoms with Gasteiger partial charge in [0.1, 0.15) is 11.5 Å². The Bertz CT molecular complexity index is 816. The van der Waals surface area contributed by atoms with Crippen LogP contribution in [0.3, 0.4) is 0 Å². The highest BCUT2D eigenvalue weighted by Gasteiger charge is 2.27. The summed E-state index contributed by atoms with van der Waals surface area (Å²) in [6.07, 6.45) is 3.26. The Morgan fingerprint density at radius 3 is 2.92 bits per heavy atom. The minimum atomic E-state index is -0.403. The highest BCUT2D eigenvalue weighted by Crippen LogP contribution is 2.30. The molecule has 126 valence electrons. The number of para-hydroxylation sites is 1. The van der Waals surface area contributed by atoms with Crippen LogP contribution in [0.25, 0.3) is 0 Å². The summed E-state index contributed by atoms with van der Waals surface area (Å²) in [5.41, 5.74) is 1.10. The van der Waals surface area contributed by atoms with E-state index in [0.717, 1.165) is 31.2 Å². The molecule has 1 aliphatic rings. The molecule has 1 aromatic carbocycles. The minimum absolute atomic E-state index is 0.168. The van der Waals surface area contributed by atoms with Crippen molar-refractivity contribution in [2.24, 2.45) is 0 Å². The number of fused-ring (bicyclic) bond motifs is 1. The number of hydrogen-bond donors (Lipinski definition) is 0. The number of aryl methyl sites for hydroxylation is 2. The van der Waals surface area contributed by atoms with E-state index in [1.54, 1.807) is 6.07 Å². The van der Waals surface area contributed by atoms with Crippen molar-refractivity contribution in [1.29, 1.82) is 0 Å². The molecule has 2 aromatic rings.